The summed E-state index contributed by atoms with van der Waals surface area (Å²) >= 11 is 0. The zero-order valence-electron chi connectivity index (χ0n) is 14.8. The van der Waals surface area contributed by atoms with Crippen LogP contribution >= 0.6 is 0 Å². The number of anilines is 3. The summed E-state index contributed by atoms with van der Waals surface area (Å²) < 4.78 is 27.9. The predicted molar refractivity (Wildman–Crippen MR) is 102 cm³/mol. The van der Waals surface area contributed by atoms with Crippen molar-refractivity contribution in [1.29, 1.82) is 0 Å². The van der Waals surface area contributed by atoms with Crippen LogP contribution in [0.5, 0.6) is 0 Å². The molecule has 27 heavy (non-hydrogen) atoms. The number of amides is 1. The fraction of sp³-hybridized carbons (Fsp3) is 0.389. The second-order valence-corrected chi connectivity index (χ2v) is 8.47. The number of rotatable bonds is 4. The minimum atomic E-state index is -3.75. The van der Waals surface area contributed by atoms with E-state index in [2.05, 4.69) is 24.9 Å². The third kappa shape index (κ3) is 3.87. The van der Waals surface area contributed by atoms with Crippen LogP contribution in [0.1, 0.15) is 31.2 Å². The number of hydrogen-bond acceptors (Lipinski definition) is 6. The molecule has 9 heteroatoms. The van der Waals surface area contributed by atoms with E-state index in [1.807, 2.05) is 0 Å². The molecule has 0 radical (unpaired) electrons. The van der Waals surface area contributed by atoms with Crippen molar-refractivity contribution in [3.05, 3.63) is 36.2 Å². The van der Waals surface area contributed by atoms with Crippen molar-refractivity contribution in [2.75, 3.05) is 28.0 Å². The van der Waals surface area contributed by atoms with Gasteiger partial charge in [-0.05, 0) is 49.4 Å². The van der Waals surface area contributed by atoms with Gasteiger partial charge in [0, 0.05) is 25.2 Å². The largest absolute Gasteiger partial charge is 0.341 e. The molecular formula is C18H21N5O3S. The number of piperidine rings is 1. The maximum Gasteiger partial charge on any atom is 0.262 e. The third-order valence-corrected chi connectivity index (χ3v) is 6.19. The molecule has 2 aliphatic rings. The van der Waals surface area contributed by atoms with Crippen molar-refractivity contribution in [3.63, 3.8) is 0 Å². The number of carbonyl (C=O) groups excluding carboxylic acids is 1. The monoisotopic (exact) mass is 387 g/mol. The summed E-state index contributed by atoms with van der Waals surface area (Å²) in [4.78, 5) is 22.3. The SMILES string of the molecule is O=C1CCc2cc(S(=O)(=O)Nc3cnc(N4CCCCC4)nc3)ccc2N1. The van der Waals surface area contributed by atoms with Crippen LogP contribution in [0.2, 0.25) is 0 Å². The number of fused-ring (bicyclic) bond motifs is 1. The number of nitrogens with one attached hydrogen (secondary N) is 2. The van der Waals surface area contributed by atoms with Crippen LogP contribution in [0, 0.1) is 0 Å². The Hall–Kier alpha value is -2.68. The third-order valence-electron chi connectivity index (χ3n) is 4.81. The fourth-order valence-corrected chi connectivity index (χ4v) is 4.45. The van der Waals surface area contributed by atoms with E-state index in [4.69, 9.17) is 0 Å². The van der Waals surface area contributed by atoms with Crippen molar-refractivity contribution < 1.29 is 13.2 Å². The number of hydrogen-bond donors (Lipinski definition) is 2. The molecule has 0 unspecified atom stereocenters. The Bertz CT molecular complexity index is 953. The van der Waals surface area contributed by atoms with Gasteiger partial charge in [-0.1, -0.05) is 0 Å². The first-order valence-electron chi connectivity index (χ1n) is 9.04. The molecule has 1 fully saturated rings. The topological polar surface area (TPSA) is 104 Å². The molecule has 0 spiro atoms. The van der Waals surface area contributed by atoms with Gasteiger partial charge in [0.05, 0.1) is 23.0 Å². The van der Waals surface area contributed by atoms with Crippen LogP contribution in [0.4, 0.5) is 17.3 Å². The fourth-order valence-electron chi connectivity index (χ4n) is 3.37. The Morgan fingerprint density at radius 3 is 2.52 bits per heavy atom. The summed E-state index contributed by atoms with van der Waals surface area (Å²) in [6, 6.07) is 4.70. The molecule has 2 aromatic rings. The van der Waals surface area contributed by atoms with E-state index >= 15 is 0 Å². The lowest BCUT2D eigenvalue weighted by molar-refractivity contribution is -0.116. The molecule has 0 aliphatic carbocycles. The number of aryl methyl sites for hydroxylation is 1. The molecule has 0 atom stereocenters. The summed E-state index contributed by atoms with van der Waals surface area (Å²) in [5.41, 5.74) is 1.80. The minimum Gasteiger partial charge on any atom is -0.341 e. The van der Waals surface area contributed by atoms with E-state index in [9.17, 15) is 13.2 Å². The molecule has 0 saturated carbocycles. The van der Waals surface area contributed by atoms with Crippen molar-refractivity contribution in [3.8, 4) is 0 Å². The highest BCUT2D eigenvalue weighted by Gasteiger charge is 2.20. The maximum absolute atomic E-state index is 12.7. The average molecular weight is 387 g/mol. The van der Waals surface area contributed by atoms with Crippen molar-refractivity contribution >= 4 is 33.3 Å². The van der Waals surface area contributed by atoms with E-state index in [1.165, 1.54) is 24.9 Å². The zero-order valence-corrected chi connectivity index (χ0v) is 15.6. The van der Waals surface area contributed by atoms with Crippen LogP contribution in [-0.4, -0.2) is 37.4 Å². The lowest BCUT2D eigenvalue weighted by Crippen LogP contribution is -2.30. The lowest BCUT2D eigenvalue weighted by Gasteiger charge is -2.26. The Morgan fingerprint density at radius 1 is 1.04 bits per heavy atom. The van der Waals surface area contributed by atoms with E-state index in [0.29, 0.717) is 30.2 Å². The Kier molecular flexibility index (Phi) is 4.69. The highest BCUT2D eigenvalue weighted by molar-refractivity contribution is 7.92. The molecule has 0 bridgehead atoms. The van der Waals surface area contributed by atoms with Gasteiger partial charge >= 0.3 is 0 Å². The molecule has 4 rings (SSSR count). The van der Waals surface area contributed by atoms with Gasteiger partial charge < -0.3 is 10.2 Å². The first kappa shape index (κ1) is 17.7. The van der Waals surface area contributed by atoms with Gasteiger partial charge in [-0.3, -0.25) is 9.52 Å². The highest BCUT2D eigenvalue weighted by Crippen LogP contribution is 2.26. The molecule has 1 aromatic heterocycles. The van der Waals surface area contributed by atoms with Crippen LogP contribution < -0.4 is 14.9 Å². The molecule has 8 nitrogen and oxygen atoms in total. The van der Waals surface area contributed by atoms with Crippen molar-refractivity contribution in [1.82, 2.24) is 9.97 Å². The second kappa shape index (κ2) is 7.15. The normalized spacial score (nSPS) is 17.2. The van der Waals surface area contributed by atoms with Crippen LogP contribution in [-0.2, 0) is 21.2 Å². The summed E-state index contributed by atoms with van der Waals surface area (Å²) in [5, 5.41) is 2.75. The molecular weight excluding hydrogens is 366 g/mol. The standard InChI is InChI=1S/C18H21N5O3S/c24-17-7-4-13-10-15(5-6-16(13)21-17)27(25,26)22-14-11-19-18(20-12-14)23-8-2-1-3-9-23/h5-6,10-12,22H,1-4,7-9H2,(H,21,24). The van der Waals surface area contributed by atoms with Crippen molar-refractivity contribution in [2.24, 2.45) is 0 Å². The van der Waals surface area contributed by atoms with Gasteiger partial charge in [0.2, 0.25) is 11.9 Å². The van der Waals surface area contributed by atoms with Gasteiger partial charge in [-0.25, -0.2) is 18.4 Å². The number of sulfonamides is 1. The van der Waals surface area contributed by atoms with E-state index < -0.39 is 10.0 Å². The first-order valence-corrected chi connectivity index (χ1v) is 10.5. The Balaban J connectivity index is 1.50. The number of benzene rings is 1. The van der Waals surface area contributed by atoms with Gasteiger partial charge in [0.15, 0.2) is 0 Å². The number of aromatic nitrogens is 2. The number of nitrogens with zero attached hydrogens (tertiary/aromatic N) is 3. The second-order valence-electron chi connectivity index (χ2n) is 6.79. The summed E-state index contributed by atoms with van der Waals surface area (Å²) in [6.07, 6.45) is 7.33. The Labute approximate surface area is 158 Å². The quantitative estimate of drug-likeness (QED) is 0.833. The van der Waals surface area contributed by atoms with Crippen LogP contribution in [0.25, 0.3) is 0 Å². The van der Waals surface area contributed by atoms with Crippen LogP contribution in [0.3, 0.4) is 0 Å². The summed E-state index contributed by atoms with van der Waals surface area (Å²) in [6.45, 7) is 1.85. The Morgan fingerprint density at radius 2 is 1.78 bits per heavy atom. The molecule has 142 valence electrons. The molecule has 1 aromatic carbocycles. The lowest BCUT2D eigenvalue weighted by atomic mass is 10.0. The molecule has 2 N–H and O–H groups in total. The highest BCUT2D eigenvalue weighted by atomic mass is 32.2. The summed E-state index contributed by atoms with van der Waals surface area (Å²) in [7, 11) is -3.75. The molecule has 1 saturated heterocycles. The molecule has 3 heterocycles. The maximum atomic E-state index is 12.7. The van der Waals surface area contributed by atoms with E-state index in [1.54, 1.807) is 12.1 Å². The van der Waals surface area contributed by atoms with E-state index in [0.717, 1.165) is 31.5 Å². The van der Waals surface area contributed by atoms with Gasteiger partial charge in [0.25, 0.3) is 10.0 Å². The smallest absolute Gasteiger partial charge is 0.262 e. The summed E-state index contributed by atoms with van der Waals surface area (Å²) in [5.74, 6) is 0.573. The molecule has 2 aliphatic heterocycles. The first-order chi connectivity index (χ1) is 13.0. The number of carbonyl (C=O) groups is 1. The van der Waals surface area contributed by atoms with Crippen LogP contribution in [0.15, 0.2) is 35.5 Å². The predicted octanol–water partition coefficient (Wildman–Crippen LogP) is 2.15. The zero-order chi connectivity index (χ0) is 18.9. The average Bonchev–Trinajstić information content (AvgIpc) is 2.68. The van der Waals surface area contributed by atoms with Crippen molar-refractivity contribution in [2.45, 2.75) is 37.0 Å². The van der Waals surface area contributed by atoms with E-state index in [-0.39, 0.29) is 10.8 Å². The molecule has 1 amide bonds. The van der Waals surface area contributed by atoms with Gasteiger partial charge in [0.1, 0.15) is 0 Å². The van der Waals surface area contributed by atoms with Gasteiger partial charge in [-0.15, -0.1) is 0 Å². The minimum absolute atomic E-state index is 0.0535. The van der Waals surface area contributed by atoms with Gasteiger partial charge in [-0.2, -0.15) is 0 Å².